The fourth-order valence-corrected chi connectivity index (χ4v) is 4.32. The van der Waals surface area contributed by atoms with Gasteiger partial charge in [0.2, 0.25) is 5.91 Å². The molecule has 40 heavy (non-hydrogen) atoms. The lowest BCUT2D eigenvalue weighted by Gasteiger charge is -2.20. The third-order valence-corrected chi connectivity index (χ3v) is 6.18. The van der Waals surface area contributed by atoms with Gasteiger partial charge in [0.25, 0.3) is 5.91 Å². The predicted octanol–water partition coefficient (Wildman–Crippen LogP) is 2.24. The van der Waals surface area contributed by atoms with Crippen LogP contribution in [0.1, 0.15) is 34.1 Å². The lowest BCUT2D eigenvalue weighted by Crippen LogP contribution is -2.37. The molecule has 2 aliphatic heterocycles. The van der Waals surface area contributed by atoms with E-state index in [1.165, 1.54) is 18.6 Å². The first-order chi connectivity index (χ1) is 19.2. The van der Waals surface area contributed by atoms with Gasteiger partial charge in [-0.05, 0) is 35.8 Å². The van der Waals surface area contributed by atoms with E-state index in [1.807, 2.05) is 6.92 Å². The highest BCUT2D eigenvalue weighted by molar-refractivity contribution is 6.49. The Labute approximate surface area is 227 Å². The minimum atomic E-state index is -4.71. The van der Waals surface area contributed by atoms with Crippen molar-refractivity contribution < 1.29 is 22.8 Å². The number of carbonyl (C=O) groups excluding carboxylic acids is 2. The Morgan fingerprint density at radius 2 is 1.98 bits per heavy atom. The number of nitrogens with two attached hydrogens (primary N) is 1. The van der Waals surface area contributed by atoms with Crippen LogP contribution in [0, 0.1) is 17.2 Å². The molecule has 0 spiro atoms. The predicted molar refractivity (Wildman–Crippen MR) is 142 cm³/mol. The van der Waals surface area contributed by atoms with Gasteiger partial charge in [-0.2, -0.15) is 23.5 Å². The minimum Gasteiger partial charge on any atom is -0.353 e. The summed E-state index contributed by atoms with van der Waals surface area (Å²) in [6, 6.07) is 6.93. The average molecular weight is 554 g/mol. The van der Waals surface area contributed by atoms with E-state index in [1.54, 1.807) is 30.3 Å². The summed E-state index contributed by atoms with van der Waals surface area (Å²) in [5.41, 5.74) is 6.56. The van der Waals surface area contributed by atoms with Gasteiger partial charge >= 0.3 is 6.18 Å². The van der Waals surface area contributed by atoms with E-state index in [-0.39, 0.29) is 43.6 Å². The standard InChI is InChI=1S/C26H26F3N9O2/c1-2-15-11-16(3-4-17(15)25(40)34-9-8-32-21(39)12-31)36-24-22-18(5-7-33-24)19(13-35-22)20-14-38(10-6-30)37-23(20)26(27,28)29/h3-5,7,11,13-14,18H,2,8-10,12,31H2,1H3,(H,32,39)(H,33,36)(H,34,40). The molecule has 2 aliphatic rings. The molecule has 1 atom stereocenters. The number of rotatable bonds is 9. The molecular weight excluding hydrogens is 527 g/mol. The lowest BCUT2D eigenvalue weighted by atomic mass is 9.89. The summed E-state index contributed by atoms with van der Waals surface area (Å²) in [7, 11) is 0. The molecule has 0 radical (unpaired) electrons. The third kappa shape index (κ3) is 6.10. The number of hydrogen-bond acceptors (Lipinski definition) is 8. The average Bonchev–Trinajstić information content (AvgIpc) is 3.56. The van der Waals surface area contributed by atoms with Crippen LogP contribution in [0.2, 0.25) is 0 Å². The Kier molecular flexibility index (Phi) is 8.44. The van der Waals surface area contributed by atoms with Crippen LogP contribution < -0.4 is 21.7 Å². The van der Waals surface area contributed by atoms with Crippen molar-refractivity contribution in [3.8, 4) is 6.07 Å². The highest BCUT2D eigenvalue weighted by Crippen LogP contribution is 2.40. The van der Waals surface area contributed by atoms with Crippen molar-refractivity contribution in [2.45, 2.75) is 26.1 Å². The summed E-state index contributed by atoms with van der Waals surface area (Å²) >= 11 is 0. The fourth-order valence-electron chi connectivity index (χ4n) is 4.32. The van der Waals surface area contributed by atoms with E-state index in [9.17, 15) is 22.8 Å². The summed E-state index contributed by atoms with van der Waals surface area (Å²) < 4.78 is 42.1. The molecule has 0 aliphatic carbocycles. The maximum absolute atomic E-state index is 13.7. The zero-order valence-corrected chi connectivity index (χ0v) is 21.4. The molecule has 3 heterocycles. The van der Waals surface area contributed by atoms with Crippen LogP contribution in [-0.2, 0) is 23.9 Å². The molecule has 0 saturated heterocycles. The van der Waals surface area contributed by atoms with Crippen LogP contribution in [0.4, 0.5) is 18.9 Å². The van der Waals surface area contributed by atoms with Crippen molar-refractivity contribution in [3.63, 3.8) is 0 Å². The number of carbonyl (C=O) groups is 2. The number of amides is 2. The second-order valence-electron chi connectivity index (χ2n) is 8.80. The van der Waals surface area contributed by atoms with Crippen molar-refractivity contribution in [1.82, 2.24) is 20.4 Å². The number of allylic oxidation sites excluding steroid dienone is 2. The molecule has 1 aromatic heterocycles. The Morgan fingerprint density at radius 1 is 1.20 bits per heavy atom. The normalized spacial score (nSPS) is 15.9. The lowest BCUT2D eigenvalue weighted by molar-refractivity contribution is -0.141. The van der Waals surface area contributed by atoms with Gasteiger partial charge in [0.15, 0.2) is 11.5 Å². The number of hydrogen-bond donors (Lipinski definition) is 4. The summed E-state index contributed by atoms with van der Waals surface area (Å²) in [5, 5.41) is 21.0. The molecule has 2 aromatic rings. The quantitative estimate of drug-likeness (QED) is 0.348. The zero-order valence-electron chi connectivity index (χ0n) is 21.4. The van der Waals surface area contributed by atoms with Crippen LogP contribution in [-0.4, -0.2) is 52.8 Å². The Balaban J connectivity index is 1.48. The second kappa shape index (κ2) is 12.0. The maximum atomic E-state index is 13.7. The number of halogens is 3. The summed E-state index contributed by atoms with van der Waals surface area (Å²) in [4.78, 5) is 32.6. The fraction of sp³-hybridized carbons (Fsp3) is 0.308. The van der Waals surface area contributed by atoms with Crippen LogP contribution in [0.25, 0.3) is 5.57 Å². The first-order valence-corrected chi connectivity index (χ1v) is 12.4. The van der Waals surface area contributed by atoms with Crippen molar-refractivity contribution in [1.29, 1.82) is 5.26 Å². The van der Waals surface area contributed by atoms with Gasteiger partial charge in [-0.25, -0.2) is 4.99 Å². The Hall–Kier alpha value is -4.77. The highest BCUT2D eigenvalue weighted by Gasteiger charge is 2.41. The number of nitrogens with zero attached hydrogens (tertiary/aromatic N) is 5. The number of benzene rings is 1. The number of alkyl halides is 3. The number of aryl methyl sites for hydroxylation is 1. The number of aromatic nitrogens is 2. The molecule has 0 saturated carbocycles. The molecule has 1 unspecified atom stereocenters. The third-order valence-electron chi connectivity index (χ3n) is 6.18. The molecule has 0 fully saturated rings. The molecular formula is C26H26F3N9O2. The molecule has 0 bridgehead atoms. The van der Waals surface area contributed by atoms with Crippen molar-refractivity contribution >= 4 is 34.6 Å². The molecule has 208 valence electrons. The first kappa shape index (κ1) is 28.2. The molecule has 2 amide bonds. The van der Waals surface area contributed by atoms with E-state index in [2.05, 4.69) is 31.0 Å². The molecule has 5 N–H and O–H groups in total. The number of aliphatic imine (C=N–C) groups is 2. The molecule has 1 aromatic carbocycles. The van der Waals surface area contributed by atoms with Gasteiger partial charge in [-0.1, -0.05) is 13.0 Å². The van der Waals surface area contributed by atoms with Crippen LogP contribution in [0.3, 0.4) is 0 Å². The molecule has 11 nitrogen and oxygen atoms in total. The minimum absolute atomic E-state index is 0.129. The molecule has 4 rings (SSSR count). The van der Waals surface area contributed by atoms with Gasteiger partial charge in [-0.15, -0.1) is 0 Å². The Bertz CT molecular complexity index is 1480. The van der Waals surface area contributed by atoms with E-state index in [0.717, 1.165) is 10.2 Å². The van der Waals surface area contributed by atoms with Gasteiger partial charge in [0.05, 0.1) is 24.2 Å². The number of anilines is 1. The number of amidine groups is 1. The topological polar surface area (TPSA) is 163 Å². The van der Waals surface area contributed by atoms with Crippen molar-refractivity contribution in [2.24, 2.45) is 21.6 Å². The SMILES string of the molecule is CCc1cc(NC2=NC=CC3C(c4cn(CC#N)nc4C(F)(F)F)=CN=C23)ccc1C(=O)NCCNC(=O)CN. The van der Waals surface area contributed by atoms with Gasteiger partial charge in [0.1, 0.15) is 6.54 Å². The van der Waals surface area contributed by atoms with Gasteiger partial charge in [-0.3, -0.25) is 19.3 Å². The summed E-state index contributed by atoms with van der Waals surface area (Å²) in [5.74, 6) is -0.858. The van der Waals surface area contributed by atoms with Crippen LogP contribution >= 0.6 is 0 Å². The van der Waals surface area contributed by atoms with Crippen molar-refractivity contribution in [3.05, 3.63) is 65.3 Å². The van der Waals surface area contributed by atoms with E-state index in [0.29, 0.717) is 34.8 Å². The second-order valence-corrected chi connectivity index (χ2v) is 8.80. The van der Waals surface area contributed by atoms with Crippen LogP contribution in [0.15, 0.2) is 52.9 Å². The van der Waals surface area contributed by atoms with E-state index < -0.39 is 17.8 Å². The Morgan fingerprint density at radius 3 is 2.67 bits per heavy atom. The smallest absolute Gasteiger partial charge is 0.353 e. The number of fused-ring (bicyclic) bond motifs is 1. The number of nitriles is 1. The largest absolute Gasteiger partial charge is 0.435 e. The molecule has 14 heteroatoms. The summed E-state index contributed by atoms with van der Waals surface area (Å²) in [6.45, 7) is 1.93. The van der Waals surface area contributed by atoms with Crippen molar-refractivity contribution in [2.75, 3.05) is 25.0 Å². The highest BCUT2D eigenvalue weighted by atomic mass is 19.4. The van der Waals surface area contributed by atoms with E-state index >= 15 is 0 Å². The maximum Gasteiger partial charge on any atom is 0.435 e. The van der Waals surface area contributed by atoms with Gasteiger partial charge < -0.3 is 21.7 Å². The van der Waals surface area contributed by atoms with E-state index in [4.69, 9.17) is 11.0 Å². The van der Waals surface area contributed by atoms with Gasteiger partial charge in [0, 0.05) is 48.5 Å². The monoisotopic (exact) mass is 553 g/mol. The summed E-state index contributed by atoms with van der Waals surface area (Å²) in [6.07, 6.45) is 1.53. The zero-order chi connectivity index (χ0) is 28.9. The van der Waals surface area contributed by atoms with Crippen LogP contribution in [0.5, 0.6) is 0 Å². The first-order valence-electron chi connectivity index (χ1n) is 12.4. The number of nitrogens with one attached hydrogen (secondary N) is 3.